The van der Waals surface area contributed by atoms with Crippen LogP contribution in [0.4, 0.5) is 5.69 Å². The van der Waals surface area contributed by atoms with E-state index in [1.165, 1.54) is 6.20 Å². The van der Waals surface area contributed by atoms with Crippen LogP contribution in [0.25, 0.3) is 0 Å². The number of nitrogens with one attached hydrogen (secondary N) is 1. The van der Waals surface area contributed by atoms with E-state index in [0.717, 1.165) is 0 Å². The summed E-state index contributed by atoms with van der Waals surface area (Å²) in [5, 5.41) is 3.59. The highest BCUT2D eigenvalue weighted by molar-refractivity contribution is 6.30. The number of halogens is 2. The molecule has 0 unspecified atom stereocenters. The molecule has 3 aromatic rings. The van der Waals surface area contributed by atoms with Crippen LogP contribution in [0.15, 0.2) is 66.9 Å². The maximum atomic E-state index is 12.6. The lowest BCUT2D eigenvalue weighted by atomic mass is 10.0. The number of carbonyl (C=O) groups is 2. The molecule has 0 fully saturated rings. The van der Waals surface area contributed by atoms with E-state index >= 15 is 0 Å². The quantitative estimate of drug-likeness (QED) is 0.420. The molecule has 0 aliphatic heterocycles. The second-order valence-electron chi connectivity index (χ2n) is 6.79. The lowest BCUT2D eigenvalue weighted by molar-refractivity contribution is -0.128. The van der Waals surface area contributed by atoms with Crippen LogP contribution in [0.1, 0.15) is 29.8 Å². The van der Waals surface area contributed by atoms with Gasteiger partial charge in [-0.1, -0.05) is 23.2 Å². The SMILES string of the molecule is CC(C)(Oc1ccc(C(=O)c2ccc(Cl)cc2)cc1)C(=O)Nc1ccnc(Cl)c1. The molecule has 0 aliphatic carbocycles. The van der Waals surface area contributed by atoms with Crippen molar-refractivity contribution in [2.75, 3.05) is 5.32 Å². The van der Waals surface area contributed by atoms with E-state index in [2.05, 4.69) is 10.3 Å². The van der Waals surface area contributed by atoms with E-state index in [9.17, 15) is 9.59 Å². The largest absolute Gasteiger partial charge is 0.478 e. The van der Waals surface area contributed by atoms with E-state index in [1.807, 2.05) is 0 Å². The Balaban J connectivity index is 1.68. The first kappa shape index (κ1) is 20.8. The average molecular weight is 429 g/mol. The molecule has 1 aromatic heterocycles. The van der Waals surface area contributed by atoms with Crippen molar-refractivity contribution in [2.45, 2.75) is 19.4 Å². The third-order valence-corrected chi connectivity index (χ3v) is 4.59. The summed E-state index contributed by atoms with van der Waals surface area (Å²) in [6, 6.07) is 16.5. The van der Waals surface area contributed by atoms with Gasteiger partial charge in [-0.25, -0.2) is 4.98 Å². The number of hydrogen-bond acceptors (Lipinski definition) is 4. The number of amides is 1. The Morgan fingerprint density at radius 2 is 1.52 bits per heavy atom. The maximum Gasteiger partial charge on any atom is 0.267 e. The molecule has 3 rings (SSSR count). The van der Waals surface area contributed by atoms with Crippen LogP contribution in [0, 0.1) is 0 Å². The van der Waals surface area contributed by atoms with Crippen molar-refractivity contribution in [3.05, 3.63) is 88.2 Å². The molecule has 5 nitrogen and oxygen atoms in total. The Kier molecular flexibility index (Phi) is 6.20. The number of carbonyl (C=O) groups excluding carboxylic acids is 2. The van der Waals surface area contributed by atoms with Gasteiger partial charge in [0.25, 0.3) is 5.91 Å². The van der Waals surface area contributed by atoms with Crippen LogP contribution in [0.2, 0.25) is 10.2 Å². The summed E-state index contributed by atoms with van der Waals surface area (Å²) in [7, 11) is 0. The van der Waals surface area contributed by atoms with Gasteiger partial charge in [-0.15, -0.1) is 0 Å². The molecule has 1 N–H and O–H groups in total. The predicted molar refractivity (Wildman–Crippen MR) is 114 cm³/mol. The van der Waals surface area contributed by atoms with Gasteiger partial charge in [0.2, 0.25) is 0 Å². The standard InChI is InChI=1S/C22H18Cl2N2O3/c1-22(2,21(28)26-17-11-12-25-19(24)13-17)29-18-9-5-15(6-10-18)20(27)14-3-7-16(23)8-4-14/h3-13H,1-2H3,(H,25,26,28). The van der Waals surface area contributed by atoms with E-state index < -0.39 is 5.60 Å². The Bertz CT molecular complexity index is 1030. The Hall–Kier alpha value is -2.89. The predicted octanol–water partition coefficient (Wildman–Crippen LogP) is 5.42. The van der Waals surface area contributed by atoms with Crippen molar-refractivity contribution in [3.63, 3.8) is 0 Å². The molecule has 1 heterocycles. The van der Waals surface area contributed by atoms with Crippen LogP contribution in [-0.4, -0.2) is 22.3 Å². The number of hydrogen-bond donors (Lipinski definition) is 1. The number of ether oxygens (including phenoxy) is 1. The van der Waals surface area contributed by atoms with Crippen LogP contribution >= 0.6 is 23.2 Å². The van der Waals surface area contributed by atoms with E-state index in [4.69, 9.17) is 27.9 Å². The minimum Gasteiger partial charge on any atom is -0.478 e. The zero-order valence-electron chi connectivity index (χ0n) is 15.8. The minimum atomic E-state index is -1.16. The second kappa shape index (κ2) is 8.64. The molecule has 0 saturated heterocycles. The van der Waals surface area contributed by atoms with E-state index in [-0.39, 0.29) is 16.8 Å². The van der Waals surface area contributed by atoms with Crippen molar-refractivity contribution in [1.82, 2.24) is 4.98 Å². The summed E-state index contributed by atoms with van der Waals surface area (Å²) in [6.45, 7) is 3.30. The first-order chi connectivity index (χ1) is 13.7. The number of aromatic nitrogens is 1. The van der Waals surface area contributed by atoms with Gasteiger partial charge >= 0.3 is 0 Å². The van der Waals surface area contributed by atoms with Gasteiger partial charge in [-0.2, -0.15) is 0 Å². The van der Waals surface area contributed by atoms with Gasteiger partial charge in [0.1, 0.15) is 10.9 Å². The smallest absolute Gasteiger partial charge is 0.267 e. The summed E-state index contributed by atoms with van der Waals surface area (Å²) >= 11 is 11.7. The molecule has 0 saturated carbocycles. The number of pyridine rings is 1. The maximum absolute atomic E-state index is 12.6. The molecule has 0 atom stereocenters. The lowest BCUT2D eigenvalue weighted by Gasteiger charge is -2.25. The van der Waals surface area contributed by atoms with Crippen molar-refractivity contribution in [1.29, 1.82) is 0 Å². The Morgan fingerprint density at radius 3 is 2.10 bits per heavy atom. The zero-order chi connectivity index (χ0) is 21.0. The monoisotopic (exact) mass is 428 g/mol. The Morgan fingerprint density at radius 1 is 0.931 bits per heavy atom. The second-order valence-corrected chi connectivity index (χ2v) is 7.62. The number of ketones is 1. The number of anilines is 1. The highest BCUT2D eigenvalue weighted by Gasteiger charge is 2.30. The summed E-state index contributed by atoms with van der Waals surface area (Å²) < 4.78 is 5.83. The summed E-state index contributed by atoms with van der Waals surface area (Å²) in [4.78, 5) is 29.0. The third kappa shape index (κ3) is 5.34. The fourth-order valence-electron chi connectivity index (χ4n) is 2.55. The van der Waals surface area contributed by atoms with Crippen LogP contribution in [0.5, 0.6) is 5.75 Å². The van der Waals surface area contributed by atoms with E-state index in [0.29, 0.717) is 27.6 Å². The van der Waals surface area contributed by atoms with Gasteiger partial charge in [-0.05, 0) is 74.5 Å². The zero-order valence-corrected chi connectivity index (χ0v) is 17.3. The molecular weight excluding hydrogens is 411 g/mol. The van der Waals surface area contributed by atoms with Gasteiger partial charge in [0.15, 0.2) is 11.4 Å². The molecule has 0 aliphatic rings. The highest BCUT2D eigenvalue weighted by atomic mass is 35.5. The topological polar surface area (TPSA) is 68.3 Å². The molecule has 2 aromatic carbocycles. The first-order valence-electron chi connectivity index (χ1n) is 8.77. The van der Waals surface area contributed by atoms with Crippen molar-refractivity contribution in [2.24, 2.45) is 0 Å². The van der Waals surface area contributed by atoms with Crippen LogP contribution in [0.3, 0.4) is 0 Å². The van der Waals surface area contributed by atoms with Crippen molar-refractivity contribution >= 4 is 40.6 Å². The van der Waals surface area contributed by atoms with Crippen LogP contribution in [-0.2, 0) is 4.79 Å². The van der Waals surface area contributed by atoms with E-state index in [1.54, 1.807) is 74.5 Å². The Labute approximate surface area is 178 Å². The van der Waals surface area contributed by atoms with Gasteiger partial charge in [-0.3, -0.25) is 9.59 Å². The number of rotatable bonds is 6. The first-order valence-corrected chi connectivity index (χ1v) is 9.52. The third-order valence-electron chi connectivity index (χ3n) is 4.13. The summed E-state index contributed by atoms with van der Waals surface area (Å²) in [5.74, 6) is -0.00793. The van der Waals surface area contributed by atoms with Crippen molar-refractivity contribution < 1.29 is 14.3 Å². The van der Waals surface area contributed by atoms with Crippen molar-refractivity contribution in [3.8, 4) is 5.75 Å². The number of benzene rings is 2. The lowest BCUT2D eigenvalue weighted by Crippen LogP contribution is -2.42. The summed E-state index contributed by atoms with van der Waals surface area (Å²) in [5.41, 5.74) is 0.417. The molecule has 7 heteroatoms. The minimum absolute atomic E-state index is 0.125. The fourth-order valence-corrected chi connectivity index (χ4v) is 2.84. The van der Waals surface area contributed by atoms with Gasteiger partial charge < -0.3 is 10.1 Å². The molecule has 29 heavy (non-hydrogen) atoms. The number of nitrogens with zero attached hydrogens (tertiary/aromatic N) is 1. The molecule has 148 valence electrons. The molecule has 1 amide bonds. The summed E-state index contributed by atoms with van der Waals surface area (Å²) in [6.07, 6.45) is 1.50. The molecule has 0 spiro atoms. The van der Waals surface area contributed by atoms with Gasteiger partial charge in [0, 0.05) is 28.0 Å². The molecular formula is C22H18Cl2N2O3. The molecule has 0 radical (unpaired) electrons. The fraction of sp³-hybridized carbons (Fsp3) is 0.136. The van der Waals surface area contributed by atoms with Gasteiger partial charge in [0.05, 0.1) is 0 Å². The average Bonchev–Trinajstić information content (AvgIpc) is 2.68. The normalized spacial score (nSPS) is 11.0. The molecule has 0 bridgehead atoms. The van der Waals surface area contributed by atoms with Crippen LogP contribution < -0.4 is 10.1 Å². The highest BCUT2D eigenvalue weighted by Crippen LogP contribution is 2.22.